The highest BCUT2D eigenvalue weighted by atomic mass is 16.6. The van der Waals surface area contributed by atoms with Gasteiger partial charge in [0.1, 0.15) is 5.75 Å². The number of rotatable bonds is 7. The van der Waals surface area contributed by atoms with Crippen LogP contribution in [0.1, 0.15) is 5.56 Å². The molecule has 8 nitrogen and oxygen atoms in total. The average molecular weight is 356 g/mol. The third kappa shape index (κ3) is 5.45. The van der Waals surface area contributed by atoms with Gasteiger partial charge >= 0.3 is 5.97 Å². The normalized spacial score (nSPS) is 10.3. The van der Waals surface area contributed by atoms with Crippen molar-refractivity contribution in [2.24, 2.45) is 0 Å². The lowest BCUT2D eigenvalue weighted by Gasteiger charge is -2.09. The van der Waals surface area contributed by atoms with Crippen molar-refractivity contribution in [2.45, 2.75) is 0 Å². The van der Waals surface area contributed by atoms with E-state index in [0.717, 1.165) is 11.6 Å². The predicted octanol–water partition coefficient (Wildman–Crippen LogP) is 2.80. The van der Waals surface area contributed by atoms with Crippen LogP contribution in [0.2, 0.25) is 0 Å². The number of nitro benzene ring substituents is 1. The van der Waals surface area contributed by atoms with Crippen molar-refractivity contribution in [1.29, 1.82) is 0 Å². The van der Waals surface area contributed by atoms with Crippen molar-refractivity contribution in [3.63, 3.8) is 0 Å². The number of hydrogen-bond donors (Lipinski definition) is 1. The first kappa shape index (κ1) is 18.7. The molecular weight excluding hydrogens is 340 g/mol. The topological polar surface area (TPSA) is 108 Å². The lowest BCUT2D eigenvalue weighted by molar-refractivity contribution is -0.384. The molecule has 0 aliphatic heterocycles. The number of hydrogen-bond acceptors (Lipinski definition) is 6. The summed E-state index contributed by atoms with van der Waals surface area (Å²) in [6, 6.07) is 12.9. The van der Waals surface area contributed by atoms with Gasteiger partial charge in [0, 0.05) is 18.2 Å². The fourth-order valence-corrected chi connectivity index (χ4v) is 2.01. The number of nitrogens with zero attached hydrogens (tertiary/aromatic N) is 1. The van der Waals surface area contributed by atoms with Crippen LogP contribution in [-0.4, -0.2) is 30.5 Å². The maximum atomic E-state index is 11.9. The van der Waals surface area contributed by atoms with Crippen LogP contribution in [0.25, 0.3) is 6.08 Å². The van der Waals surface area contributed by atoms with E-state index in [0.29, 0.717) is 0 Å². The fraction of sp³-hybridized carbons (Fsp3) is 0.111. The van der Waals surface area contributed by atoms with Crippen molar-refractivity contribution in [3.8, 4) is 5.75 Å². The van der Waals surface area contributed by atoms with E-state index in [9.17, 15) is 19.7 Å². The number of non-ortho nitro benzene ring substituents is 1. The molecule has 0 radical (unpaired) electrons. The maximum absolute atomic E-state index is 11.9. The summed E-state index contributed by atoms with van der Waals surface area (Å²) >= 11 is 0. The average Bonchev–Trinajstić information content (AvgIpc) is 2.65. The first-order valence-corrected chi connectivity index (χ1v) is 7.52. The number of benzene rings is 2. The highest BCUT2D eigenvalue weighted by molar-refractivity contribution is 5.96. The number of ether oxygens (including phenoxy) is 2. The molecule has 0 saturated heterocycles. The Labute approximate surface area is 149 Å². The molecule has 2 aromatic rings. The summed E-state index contributed by atoms with van der Waals surface area (Å²) in [4.78, 5) is 33.8. The molecule has 0 aliphatic rings. The van der Waals surface area contributed by atoms with Gasteiger partial charge in [0.25, 0.3) is 11.6 Å². The molecule has 0 atom stereocenters. The van der Waals surface area contributed by atoms with E-state index < -0.39 is 23.4 Å². The van der Waals surface area contributed by atoms with Crippen molar-refractivity contribution in [3.05, 3.63) is 70.3 Å². The molecule has 0 bridgehead atoms. The number of nitrogens with one attached hydrogen (secondary N) is 1. The zero-order valence-electron chi connectivity index (χ0n) is 13.9. The zero-order valence-corrected chi connectivity index (χ0v) is 13.9. The summed E-state index contributed by atoms with van der Waals surface area (Å²) in [6.45, 7) is -0.538. The zero-order chi connectivity index (χ0) is 18.9. The van der Waals surface area contributed by atoms with Crippen molar-refractivity contribution < 1.29 is 24.0 Å². The summed E-state index contributed by atoms with van der Waals surface area (Å²) in [6.07, 6.45) is 2.76. The van der Waals surface area contributed by atoms with Crippen LogP contribution >= 0.6 is 0 Å². The lowest BCUT2D eigenvalue weighted by Crippen LogP contribution is -2.20. The van der Waals surface area contributed by atoms with Gasteiger partial charge in [-0.25, -0.2) is 4.79 Å². The van der Waals surface area contributed by atoms with Crippen LogP contribution in [0.15, 0.2) is 54.6 Å². The quantitative estimate of drug-likeness (QED) is 0.354. The van der Waals surface area contributed by atoms with Crippen LogP contribution in [-0.2, 0) is 14.3 Å². The standard InChI is InChI=1S/C18H16N2O6/c1-25-16-9-8-14(20(23)24)11-15(16)19-17(21)12-26-18(22)10-7-13-5-3-2-4-6-13/h2-11H,12H2,1H3,(H,19,21)/b10-7+. The second-order valence-corrected chi connectivity index (χ2v) is 5.04. The number of anilines is 1. The molecule has 8 heteroatoms. The number of methoxy groups -OCH3 is 1. The molecule has 0 fully saturated rings. The molecule has 0 aromatic heterocycles. The lowest BCUT2D eigenvalue weighted by atomic mass is 10.2. The second-order valence-electron chi connectivity index (χ2n) is 5.04. The Morgan fingerprint density at radius 3 is 2.58 bits per heavy atom. The van der Waals surface area contributed by atoms with E-state index in [2.05, 4.69) is 5.32 Å². The van der Waals surface area contributed by atoms with E-state index in [1.807, 2.05) is 30.3 Å². The van der Waals surface area contributed by atoms with Gasteiger partial charge < -0.3 is 14.8 Å². The van der Waals surface area contributed by atoms with Gasteiger partial charge in [-0.3, -0.25) is 14.9 Å². The van der Waals surface area contributed by atoms with Crippen LogP contribution in [0.4, 0.5) is 11.4 Å². The summed E-state index contributed by atoms with van der Waals surface area (Å²) < 4.78 is 9.87. The third-order valence-electron chi connectivity index (χ3n) is 3.22. The number of nitro groups is 1. The number of carbonyl (C=O) groups is 2. The van der Waals surface area contributed by atoms with Gasteiger partial charge in [-0.2, -0.15) is 0 Å². The molecule has 1 amide bonds. The summed E-state index contributed by atoms with van der Waals surface area (Å²) in [5.41, 5.74) is 0.724. The minimum absolute atomic E-state index is 0.113. The summed E-state index contributed by atoms with van der Waals surface area (Å²) in [5.74, 6) is -1.08. The predicted molar refractivity (Wildman–Crippen MR) is 94.7 cm³/mol. The Balaban J connectivity index is 1.92. The number of amides is 1. The minimum Gasteiger partial charge on any atom is -0.495 e. The Bertz CT molecular complexity index is 833. The van der Waals surface area contributed by atoms with Crippen LogP contribution in [0.5, 0.6) is 5.75 Å². The molecule has 26 heavy (non-hydrogen) atoms. The molecular formula is C18H16N2O6. The smallest absolute Gasteiger partial charge is 0.331 e. The second kappa shape index (κ2) is 8.97. The molecule has 0 heterocycles. The van der Waals surface area contributed by atoms with E-state index in [4.69, 9.17) is 9.47 Å². The molecule has 0 aliphatic carbocycles. The van der Waals surface area contributed by atoms with Gasteiger partial charge in [0.2, 0.25) is 0 Å². The molecule has 2 rings (SSSR count). The third-order valence-corrected chi connectivity index (χ3v) is 3.22. The molecule has 2 aromatic carbocycles. The van der Waals surface area contributed by atoms with Gasteiger partial charge in [-0.05, 0) is 17.7 Å². The Morgan fingerprint density at radius 1 is 1.19 bits per heavy atom. The summed E-state index contributed by atoms with van der Waals surface area (Å²) in [5, 5.41) is 13.2. The molecule has 0 unspecified atom stereocenters. The first-order chi connectivity index (χ1) is 12.5. The maximum Gasteiger partial charge on any atom is 0.331 e. The van der Waals surface area contributed by atoms with Gasteiger partial charge in [0.15, 0.2) is 6.61 Å². The van der Waals surface area contributed by atoms with Crippen molar-refractivity contribution in [2.75, 3.05) is 19.0 Å². The van der Waals surface area contributed by atoms with E-state index in [1.54, 1.807) is 6.08 Å². The van der Waals surface area contributed by atoms with E-state index >= 15 is 0 Å². The van der Waals surface area contributed by atoms with Crippen molar-refractivity contribution in [1.82, 2.24) is 0 Å². The Hall–Kier alpha value is -3.68. The molecule has 0 spiro atoms. The number of esters is 1. The molecule has 134 valence electrons. The monoisotopic (exact) mass is 356 g/mol. The number of carbonyl (C=O) groups excluding carboxylic acids is 2. The summed E-state index contributed by atoms with van der Waals surface area (Å²) in [7, 11) is 1.37. The van der Waals surface area contributed by atoms with Gasteiger partial charge in [-0.1, -0.05) is 30.3 Å². The highest BCUT2D eigenvalue weighted by Crippen LogP contribution is 2.28. The van der Waals surface area contributed by atoms with Gasteiger partial charge in [-0.15, -0.1) is 0 Å². The SMILES string of the molecule is COc1ccc([N+](=O)[O-])cc1NC(=O)COC(=O)/C=C/c1ccccc1. The minimum atomic E-state index is -0.685. The van der Waals surface area contributed by atoms with E-state index in [-0.39, 0.29) is 17.1 Å². The van der Waals surface area contributed by atoms with Crippen LogP contribution in [0.3, 0.4) is 0 Å². The highest BCUT2D eigenvalue weighted by Gasteiger charge is 2.14. The molecule has 0 saturated carbocycles. The van der Waals surface area contributed by atoms with E-state index in [1.165, 1.54) is 25.3 Å². The largest absolute Gasteiger partial charge is 0.495 e. The molecule has 1 N–H and O–H groups in total. The first-order valence-electron chi connectivity index (χ1n) is 7.52. The Morgan fingerprint density at radius 2 is 1.92 bits per heavy atom. The van der Waals surface area contributed by atoms with Crippen LogP contribution < -0.4 is 10.1 Å². The van der Waals surface area contributed by atoms with Gasteiger partial charge in [0.05, 0.1) is 17.7 Å². The Kier molecular flexibility index (Phi) is 6.44. The van der Waals surface area contributed by atoms with Crippen LogP contribution in [0, 0.1) is 10.1 Å². The van der Waals surface area contributed by atoms with Crippen molar-refractivity contribution >= 4 is 29.3 Å². The fourth-order valence-electron chi connectivity index (χ4n) is 2.01.